The average molecular weight is 455 g/mol. The van der Waals surface area contributed by atoms with E-state index in [2.05, 4.69) is 63.7 Å². The molecule has 1 aliphatic heterocycles. The lowest BCUT2D eigenvalue weighted by atomic mass is 10.1. The van der Waals surface area contributed by atoms with Crippen LogP contribution in [0.25, 0.3) is 32.7 Å². The summed E-state index contributed by atoms with van der Waals surface area (Å²) >= 11 is 0. The van der Waals surface area contributed by atoms with Gasteiger partial charge in [0.2, 0.25) is 0 Å². The van der Waals surface area contributed by atoms with Crippen LogP contribution in [0.5, 0.6) is 11.5 Å². The molecule has 0 bridgehead atoms. The number of H-pyrrole nitrogens is 1. The number of fused-ring (bicyclic) bond motifs is 4. The molecule has 0 aliphatic carbocycles. The number of aromatic nitrogens is 2. The Morgan fingerprint density at radius 2 is 1.62 bits per heavy atom. The van der Waals surface area contributed by atoms with Gasteiger partial charge in [0.1, 0.15) is 5.82 Å². The number of morpholine rings is 1. The molecule has 7 heteroatoms. The highest BCUT2D eigenvalue weighted by molar-refractivity contribution is 6.08. The SMILES string of the molecule is COc1cc2nc(N3CCOCC3)cc(Nc3ccc4[nH]c5ccccc5c4c3)c2cc1OC. The van der Waals surface area contributed by atoms with Gasteiger partial charge < -0.3 is 29.4 Å². The number of methoxy groups -OCH3 is 2. The molecule has 34 heavy (non-hydrogen) atoms. The number of nitrogens with zero attached hydrogens (tertiary/aromatic N) is 2. The third-order valence-corrected chi connectivity index (χ3v) is 6.42. The maximum absolute atomic E-state index is 5.58. The van der Waals surface area contributed by atoms with E-state index in [0.717, 1.165) is 52.2 Å². The van der Waals surface area contributed by atoms with Crippen LogP contribution in [-0.2, 0) is 4.74 Å². The Morgan fingerprint density at radius 1 is 0.853 bits per heavy atom. The summed E-state index contributed by atoms with van der Waals surface area (Å²) in [5.74, 6) is 2.25. The number of para-hydroxylation sites is 1. The van der Waals surface area contributed by atoms with Gasteiger partial charge in [0.25, 0.3) is 0 Å². The highest BCUT2D eigenvalue weighted by Crippen LogP contribution is 2.38. The second-order valence-corrected chi connectivity index (χ2v) is 8.41. The van der Waals surface area contributed by atoms with Gasteiger partial charge in [-0.05, 0) is 30.3 Å². The van der Waals surface area contributed by atoms with E-state index in [0.29, 0.717) is 24.7 Å². The van der Waals surface area contributed by atoms with Gasteiger partial charge in [0.05, 0.1) is 38.6 Å². The van der Waals surface area contributed by atoms with Crippen LogP contribution in [0.3, 0.4) is 0 Å². The Balaban J connectivity index is 1.49. The van der Waals surface area contributed by atoms with Crippen LogP contribution in [-0.4, -0.2) is 50.5 Å². The lowest BCUT2D eigenvalue weighted by molar-refractivity contribution is 0.122. The van der Waals surface area contributed by atoms with E-state index in [1.807, 2.05) is 12.1 Å². The van der Waals surface area contributed by atoms with Crippen molar-refractivity contribution in [3.63, 3.8) is 0 Å². The minimum atomic E-state index is 0.660. The molecular weight excluding hydrogens is 428 g/mol. The number of nitrogens with one attached hydrogen (secondary N) is 2. The van der Waals surface area contributed by atoms with Crippen LogP contribution in [0.2, 0.25) is 0 Å². The summed E-state index contributed by atoms with van der Waals surface area (Å²) in [6.07, 6.45) is 0. The van der Waals surface area contributed by atoms with Crippen LogP contribution >= 0.6 is 0 Å². The zero-order valence-electron chi connectivity index (χ0n) is 19.2. The number of hydrogen-bond acceptors (Lipinski definition) is 6. The zero-order valence-corrected chi connectivity index (χ0v) is 19.2. The van der Waals surface area contributed by atoms with Gasteiger partial charge in [0, 0.05) is 58.1 Å². The molecular formula is C27H26N4O3. The first-order valence-corrected chi connectivity index (χ1v) is 11.4. The first-order chi connectivity index (χ1) is 16.7. The molecule has 2 N–H and O–H groups in total. The van der Waals surface area contributed by atoms with E-state index in [4.69, 9.17) is 19.2 Å². The van der Waals surface area contributed by atoms with Gasteiger partial charge in [-0.2, -0.15) is 0 Å². The van der Waals surface area contributed by atoms with Gasteiger partial charge in [0.15, 0.2) is 11.5 Å². The van der Waals surface area contributed by atoms with E-state index < -0.39 is 0 Å². The third kappa shape index (κ3) is 3.54. The summed E-state index contributed by atoms with van der Waals surface area (Å²) in [6, 6.07) is 20.8. The molecule has 3 heterocycles. The first-order valence-electron chi connectivity index (χ1n) is 11.4. The molecule has 1 fully saturated rings. The largest absolute Gasteiger partial charge is 0.493 e. The van der Waals surface area contributed by atoms with Crippen LogP contribution < -0.4 is 19.7 Å². The molecule has 0 spiro atoms. The monoisotopic (exact) mass is 454 g/mol. The highest BCUT2D eigenvalue weighted by atomic mass is 16.5. The quantitative estimate of drug-likeness (QED) is 0.367. The van der Waals surface area contributed by atoms with Crippen molar-refractivity contribution >= 4 is 49.9 Å². The van der Waals surface area contributed by atoms with E-state index in [9.17, 15) is 0 Å². The predicted molar refractivity (Wildman–Crippen MR) is 137 cm³/mol. The van der Waals surface area contributed by atoms with E-state index in [1.165, 1.54) is 10.8 Å². The Bertz CT molecular complexity index is 1500. The minimum absolute atomic E-state index is 0.660. The molecule has 0 saturated carbocycles. The third-order valence-electron chi connectivity index (χ3n) is 6.42. The van der Waals surface area contributed by atoms with Crippen molar-refractivity contribution in [2.75, 3.05) is 50.7 Å². The summed E-state index contributed by atoms with van der Waals surface area (Å²) in [4.78, 5) is 10.7. The van der Waals surface area contributed by atoms with Crippen LogP contribution in [0.15, 0.2) is 60.7 Å². The fourth-order valence-electron chi connectivity index (χ4n) is 4.68. The number of pyridine rings is 1. The average Bonchev–Trinajstić information content (AvgIpc) is 3.26. The smallest absolute Gasteiger partial charge is 0.162 e. The molecule has 0 radical (unpaired) electrons. The summed E-state index contributed by atoms with van der Waals surface area (Å²) < 4.78 is 16.7. The second-order valence-electron chi connectivity index (χ2n) is 8.41. The first kappa shape index (κ1) is 20.6. The fraction of sp³-hybridized carbons (Fsp3) is 0.222. The number of benzene rings is 3. The van der Waals surface area contributed by atoms with Crippen molar-refractivity contribution in [1.29, 1.82) is 0 Å². The fourth-order valence-corrected chi connectivity index (χ4v) is 4.68. The molecule has 1 aliphatic rings. The number of ether oxygens (including phenoxy) is 3. The Kier molecular flexibility index (Phi) is 5.11. The molecule has 2 aromatic heterocycles. The van der Waals surface area contributed by atoms with E-state index in [-0.39, 0.29) is 0 Å². The summed E-state index contributed by atoms with van der Waals surface area (Å²) in [6.45, 7) is 3.02. The van der Waals surface area contributed by atoms with Crippen molar-refractivity contribution in [1.82, 2.24) is 9.97 Å². The predicted octanol–water partition coefficient (Wildman–Crippen LogP) is 5.47. The molecule has 0 amide bonds. The van der Waals surface area contributed by atoms with Gasteiger partial charge >= 0.3 is 0 Å². The normalized spacial score (nSPS) is 14.1. The lowest BCUT2D eigenvalue weighted by Crippen LogP contribution is -2.36. The van der Waals surface area contributed by atoms with Crippen molar-refractivity contribution in [2.24, 2.45) is 0 Å². The Morgan fingerprint density at radius 3 is 2.44 bits per heavy atom. The van der Waals surface area contributed by atoms with E-state index >= 15 is 0 Å². The minimum Gasteiger partial charge on any atom is -0.493 e. The highest BCUT2D eigenvalue weighted by Gasteiger charge is 2.18. The standard InChI is InChI=1S/C27H26N4O3/c1-32-25-14-20-23(15-26(25)33-2)30-27(31-9-11-34-12-10-31)16-24(20)28-17-7-8-22-19(13-17)18-5-3-4-6-21(18)29-22/h3-8,13-16,29H,9-12H2,1-2H3,(H,28,30). The zero-order chi connectivity index (χ0) is 23.1. The molecule has 172 valence electrons. The van der Waals surface area contributed by atoms with Crippen LogP contribution in [0.1, 0.15) is 0 Å². The summed E-state index contributed by atoms with van der Waals surface area (Å²) in [7, 11) is 3.29. The Labute approximate surface area is 197 Å². The number of aromatic amines is 1. The summed E-state index contributed by atoms with van der Waals surface area (Å²) in [5.41, 5.74) is 5.07. The molecule has 0 atom stereocenters. The molecule has 7 nitrogen and oxygen atoms in total. The number of rotatable bonds is 5. The number of anilines is 3. The van der Waals surface area contributed by atoms with Gasteiger partial charge in [-0.3, -0.25) is 0 Å². The van der Waals surface area contributed by atoms with Gasteiger partial charge in [-0.1, -0.05) is 18.2 Å². The molecule has 3 aromatic carbocycles. The van der Waals surface area contributed by atoms with Crippen LogP contribution in [0, 0.1) is 0 Å². The number of hydrogen-bond donors (Lipinski definition) is 2. The second kappa shape index (κ2) is 8.43. The van der Waals surface area contributed by atoms with Crippen LogP contribution in [0.4, 0.5) is 17.2 Å². The van der Waals surface area contributed by atoms with Gasteiger partial charge in [-0.15, -0.1) is 0 Å². The Hall–Kier alpha value is -3.97. The van der Waals surface area contributed by atoms with Gasteiger partial charge in [-0.25, -0.2) is 4.98 Å². The molecule has 5 aromatic rings. The van der Waals surface area contributed by atoms with Crippen molar-refractivity contribution in [3.8, 4) is 11.5 Å². The van der Waals surface area contributed by atoms with Crippen molar-refractivity contribution in [2.45, 2.75) is 0 Å². The maximum Gasteiger partial charge on any atom is 0.162 e. The lowest BCUT2D eigenvalue weighted by Gasteiger charge is -2.28. The van der Waals surface area contributed by atoms with Crippen molar-refractivity contribution < 1.29 is 14.2 Å². The topological polar surface area (TPSA) is 71.6 Å². The van der Waals surface area contributed by atoms with E-state index in [1.54, 1.807) is 14.2 Å². The van der Waals surface area contributed by atoms with Crippen molar-refractivity contribution in [3.05, 3.63) is 60.7 Å². The molecule has 1 saturated heterocycles. The molecule has 0 unspecified atom stereocenters. The molecule has 6 rings (SSSR count). The maximum atomic E-state index is 5.58. The summed E-state index contributed by atoms with van der Waals surface area (Å²) in [5, 5.41) is 7.02.